The van der Waals surface area contributed by atoms with Crippen LogP contribution < -0.4 is 14.8 Å². The van der Waals surface area contributed by atoms with Gasteiger partial charge in [-0.15, -0.1) is 0 Å². The SMILES string of the molecule is Cc1ccc(S(C)(=O)=O)cc1C(=O)O[C@@H](C)C(=O)Nc1ccc2c(c1)OCO2. The Bertz CT molecular complexity index is 1050. The monoisotopic (exact) mass is 405 g/mol. The van der Waals surface area contributed by atoms with E-state index in [0.29, 0.717) is 22.7 Å². The molecule has 28 heavy (non-hydrogen) atoms. The molecule has 0 spiro atoms. The Morgan fingerprint density at radius 1 is 1.11 bits per heavy atom. The maximum atomic E-state index is 12.4. The number of sulfone groups is 1. The highest BCUT2D eigenvalue weighted by Gasteiger charge is 2.22. The molecular formula is C19H19NO7S. The Labute approximate surface area is 162 Å². The molecule has 0 aromatic heterocycles. The Balaban J connectivity index is 1.69. The first-order chi connectivity index (χ1) is 13.1. The minimum absolute atomic E-state index is 0.00233. The fraction of sp³-hybridized carbons (Fsp3) is 0.263. The van der Waals surface area contributed by atoms with Crippen LogP contribution in [0.5, 0.6) is 11.5 Å². The third-order valence-electron chi connectivity index (χ3n) is 4.15. The summed E-state index contributed by atoms with van der Waals surface area (Å²) in [7, 11) is -3.48. The van der Waals surface area contributed by atoms with E-state index in [1.807, 2.05) is 0 Å². The molecule has 1 atom stereocenters. The number of esters is 1. The van der Waals surface area contributed by atoms with Gasteiger partial charge < -0.3 is 19.5 Å². The summed E-state index contributed by atoms with van der Waals surface area (Å²) >= 11 is 0. The smallest absolute Gasteiger partial charge is 0.339 e. The first kappa shape index (κ1) is 19.7. The number of carbonyl (C=O) groups excluding carboxylic acids is 2. The van der Waals surface area contributed by atoms with Crippen LogP contribution in [0.4, 0.5) is 5.69 Å². The van der Waals surface area contributed by atoms with Crippen molar-refractivity contribution in [2.24, 2.45) is 0 Å². The number of benzene rings is 2. The lowest BCUT2D eigenvalue weighted by Crippen LogP contribution is -2.30. The van der Waals surface area contributed by atoms with Crippen LogP contribution in [0.3, 0.4) is 0 Å². The number of carbonyl (C=O) groups is 2. The number of amides is 1. The summed E-state index contributed by atoms with van der Waals surface area (Å²) in [5.41, 5.74) is 1.10. The second kappa shape index (κ2) is 7.51. The summed E-state index contributed by atoms with van der Waals surface area (Å²) in [5.74, 6) is -0.227. The number of hydrogen-bond acceptors (Lipinski definition) is 7. The average Bonchev–Trinajstić information content (AvgIpc) is 3.08. The molecule has 148 valence electrons. The molecule has 1 aliphatic rings. The third-order valence-corrected chi connectivity index (χ3v) is 5.26. The summed E-state index contributed by atoms with van der Waals surface area (Å²) in [5, 5.41) is 2.63. The number of ether oxygens (including phenoxy) is 3. The van der Waals surface area contributed by atoms with Gasteiger partial charge in [-0.05, 0) is 43.7 Å². The van der Waals surface area contributed by atoms with Crippen molar-refractivity contribution < 1.29 is 32.2 Å². The highest BCUT2D eigenvalue weighted by Crippen LogP contribution is 2.34. The molecule has 1 amide bonds. The second-order valence-electron chi connectivity index (χ2n) is 6.35. The fourth-order valence-corrected chi connectivity index (χ4v) is 3.19. The zero-order valence-electron chi connectivity index (χ0n) is 15.5. The predicted octanol–water partition coefficient (Wildman–Crippen LogP) is 2.31. The molecule has 0 fully saturated rings. The maximum Gasteiger partial charge on any atom is 0.339 e. The molecule has 8 nitrogen and oxygen atoms in total. The summed E-state index contributed by atoms with van der Waals surface area (Å²) in [6.07, 6.45) is -0.0481. The fourth-order valence-electron chi connectivity index (χ4n) is 2.55. The third kappa shape index (κ3) is 4.25. The van der Waals surface area contributed by atoms with E-state index < -0.39 is 27.8 Å². The summed E-state index contributed by atoms with van der Waals surface area (Å²) in [6.45, 7) is 3.20. The molecule has 2 aromatic carbocycles. The van der Waals surface area contributed by atoms with E-state index in [4.69, 9.17) is 14.2 Å². The maximum absolute atomic E-state index is 12.4. The van der Waals surface area contributed by atoms with E-state index in [1.54, 1.807) is 25.1 Å². The van der Waals surface area contributed by atoms with Crippen molar-refractivity contribution in [3.8, 4) is 11.5 Å². The van der Waals surface area contributed by atoms with Gasteiger partial charge in [0.2, 0.25) is 6.79 Å². The van der Waals surface area contributed by atoms with Gasteiger partial charge in [0.15, 0.2) is 27.4 Å². The minimum atomic E-state index is -3.48. The predicted molar refractivity (Wildman–Crippen MR) is 100 cm³/mol. The van der Waals surface area contributed by atoms with Gasteiger partial charge >= 0.3 is 5.97 Å². The quantitative estimate of drug-likeness (QED) is 0.761. The van der Waals surface area contributed by atoms with Crippen LogP contribution in [0, 0.1) is 6.92 Å². The van der Waals surface area contributed by atoms with Crippen LogP contribution in [-0.2, 0) is 19.4 Å². The Morgan fingerprint density at radius 3 is 2.54 bits per heavy atom. The van der Waals surface area contributed by atoms with Crippen LogP contribution >= 0.6 is 0 Å². The molecule has 9 heteroatoms. The number of nitrogens with one attached hydrogen (secondary N) is 1. The average molecular weight is 405 g/mol. The van der Waals surface area contributed by atoms with Gasteiger partial charge in [-0.2, -0.15) is 0 Å². The van der Waals surface area contributed by atoms with Crippen LogP contribution in [0.2, 0.25) is 0 Å². The summed E-state index contributed by atoms with van der Waals surface area (Å²) < 4.78 is 39.1. The lowest BCUT2D eigenvalue weighted by Gasteiger charge is -2.15. The normalized spacial score (nSPS) is 13.7. The van der Waals surface area contributed by atoms with E-state index in [9.17, 15) is 18.0 Å². The molecule has 1 heterocycles. The van der Waals surface area contributed by atoms with E-state index in [-0.39, 0.29) is 17.3 Å². The number of rotatable bonds is 5. The first-order valence-electron chi connectivity index (χ1n) is 8.37. The Morgan fingerprint density at radius 2 is 1.82 bits per heavy atom. The zero-order valence-corrected chi connectivity index (χ0v) is 16.3. The highest BCUT2D eigenvalue weighted by molar-refractivity contribution is 7.90. The first-order valence-corrected chi connectivity index (χ1v) is 10.3. The van der Waals surface area contributed by atoms with Gasteiger partial charge in [0, 0.05) is 18.0 Å². The minimum Gasteiger partial charge on any atom is -0.454 e. The molecule has 0 saturated heterocycles. The van der Waals surface area contributed by atoms with Crippen LogP contribution in [0.1, 0.15) is 22.8 Å². The number of anilines is 1. The topological polar surface area (TPSA) is 108 Å². The number of hydrogen-bond donors (Lipinski definition) is 1. The van der Waals surface area contributed by atoms with Gasteiger partial charge in [-0.1, -0.05) is 6.07 Å². The van der Waals surface area contributed by atoms with Crippen molar-refractivity contribution in [2.45, 2.75) is 24.8 Å². The van der Waals surface area contributed by atoms with E-state index in [2.05, 4.69) is 5.32 Å². The molecule has 0 aliphatic carbocycles. The van der Waals surface area contributed by atoms with Gasteiger partial charge in [0.25, 0.3) is 5.91 Å². The van der Waals surface area contributed by atoms with Gasteiger partial charge in [0.1, 0.15) is 0 Å². The molecule has 0 bridgehead atoms. The lowest BCUT2D eigenvalue weighted by molar-refractivity contribution is -0.123. The molecule has 1 aliphatic heterocycles. The molecule has 0 saturated carbocycles. The Kier molecular flexibility index (Phi) is 5.28. The standard InChI is InChI=1S/C19H19NO7S/c1-11-4-6-14(28(3,23)24)9-15(11)19(22)27-12(2)18(21)20-13-5-7-16-17(8-13)26-10-25-16/h4-9,12H,10H2,1-3H3,(H,20,21)/t12-/m0/s1. The van der Waals surface area contributed by atoms with E-state index >= 15 is 0 Å². The van der Waals surface area contributed by atoms with E-state index in [1.165, 1.54) is 25.1 Å². The molecule has 0 unspecified atom stereocenters. The van der Waals surface area contributed by atoms with Crippen molar-refractivity contribution in [1.82, 2.24) is 0 Å². The van der Waals surface area contributed by atoms with Gasteiger partial charge in [0.05, 0.1) is 10.5 Å². The highest BCUT2D eigenvalue weighted by atomic mass is 32.2. The number of fused-ring (bicyclic) bond motifs is 1. The lowest BCUT2D eigenvalue weighted by atomic mass is 10.1. The summed E-state index contributed by atoms with van der Waals surface area (Å²) in [4.78, 5) is 24.8. The van der Waals surface area contributed by atoms with Crippen LogP contribution in [0.15, 0.2) is 41.3 Å². The van der Waals surface area contributed by atoms with Crippen molar-refractivity contribution in [3.63, 3.8) is 0 Å². The van der Waals surface area contributed by atoms with Crippen molar-refractivity contribution in [3.05, 3.63) is 47.5 Å². The van der Waals surface area contributed by atoms with Crippen LogP contribution in [-0.4, -0.2) is 39.4 Å². The van der Waals surface area contributed by atoms with Crippen LogP contribution in [0.25, 0.3) is 0 Å². The largest absolute Gasteiger partial charge is 0.454 e. The molecular weight excluding hydrogens is 386 g/mol. The summed E-state index contributed by atoms with van der Waals surface area (Å²) in [6, 6.07) is 9.08. The second-order valence-corrected chi connectivity index (χ2v) is 8.37. The van der Waals surface area contributed by atoms with Gasteiger partial charge in [-0.3, -0.25) is 4.79 Å². The van der Waals surface area contributed by atoms with Gasteiger partial charge in [-0.25, -0.2) is 13.2 Å². The zero-order chi connectivity index (χ0) is 20.5. The van der Waals surface area contributed by atoms with Crippen molar-refractivity contribution in [1.29, 1.82) is 0 Å². The molecule has 3 rings (SSSR count). The molecule has 1 N–H and O–H groups in total. The van der Waals surface area contributed by atoms with E-state index in [0.717, 1.165) is 6.26 Å². The number of aryl methyl sites for hydroxylation is 1. The Hall–Kier alpha value is -3.07. The van der Waals surface area contributed by atoms with Crippen molar-refractivity contribution in [2.75, 3.05) is 18.4 Å². The molecule has 2 aromatic rings. The van der Waals surface area contributed by atoms with Crippen molar-refractivity contribution >= 4 is 27.4 Å². The molecule has 0 radical (unpaired) electrons.